The number of aromatic nitrogens is 4. The number of hydrogen-bond acceptors (Lipinski definition) is 7. The van der Waals surface area contributed by atoms with Gasteiger partial charge in [0, 0.05) is 18.2 Å². The van der Waals surface area contributed by atoms with Crippen LogP contribution in [0.5, 0.6) is 0 Å². The number of aliphatic hydroxyl groups is 2. The molecule has 3 rings (SSSR count). The van der Waals surface area contributed by atoms with Gasteiger partial charge in [-0.25, -0.2) is 14.6 Å². The predicted molar refractivity (Wildman–Crippen MR) is 86.3 cm³/mol. The quantitative estimate of drug-likeness (QED) is 0.528. The first-order valence-corrected chi connectivity index (χ1v) is 7.69. The Morgan fingerprint density at radius 2 is 2.04 bits per heavy atom. The molecule has 10 heteroatoms. The Balaban J connectivity index is 2.28. The number of aryl methyl sites for hydroxylation is 1. The van der Waals surface area contributed by atoms with Gasteiger partial charge < -0.3 is 19.9 Å². The smallest absolute Gasteiger partial charge is 0.345 e. The zero-order valence-corrected chi connectivity index (χ0v) is 13.6. The number of aliphatic hydroxyl groups excluding tert-OH is 2. The van der Waals surface area contributed by atoms with Gasteiger partial charge in [0.2, 0.25) is 0 Å². The van der Waals surface area contributed by atoms with Crippen molar-refractivity contribution in [3.8, 4) is 11.4 Å². The van der Waals surface area contributed by atoms with Crippen molar-refractivity contribution in [2.45, 2.75) is 38.7 Å². The molecule has 3 heterocycles. The Morgan fingerprint density at radius 3 is 2.68 bits per heavy atom. The molecule has 0 aliphatic carbocycles. The van der Waals surface area contributed by atoms with Crippen LogP contribution in [-0.4, -0.2) is 48.5 Å². The molecule has 0 aromatic carbocycles. The summed E-state index contributed by atoms with van der Waals surface area (Å²) in [5, 5.41) is 19.2. The van der Waals surface area contributed by atoms with E-state index in [-0.39, 0.29) is 23.4 Å². The lowest BCUT2D eigenvalue weighted by molar-refractivity contribution is -0.0454. The van der Waals surface area contributed by atoms with E-state index in [4.69, 9.17) is 4.74 Å². The minimum atomic E-state index is -0.959. The van der Waals surface area contributed by atoms with E-state index in [1.54, 1.807) is 6.92 Å². The molecule has 0 unspecified atom stereocenters. The molecule has 134 valence electrons. The van der Waals surface area contributed by atoms with Crippen molar-refractivity contribution in [1.82, 2.24) is 19.5 Å². The lowest BCUT2D eigenvalue weighted by atomic mass is 10.1. The van der Waals surface area contributed by atoms with E-state index in [1.807, 2.05) is 0 Å². The fraction of sp³-hybridized carbons (Fsp3) is 0.467. The van der Waals surface area contributed by atoms with E-state index >= 15 is 0 Å². The summed E-state index contributed by atoms with van der Waals surface area (Å²) in [7, 11) is 0. The van der Waals surface area contributed by atoms with E-state index < -0.39 is 42.0 Å². The number of rotatable bonds is 3. The third kappa shape index (κ3) is 2.95. The minimum absolute atomic E-state index is 0.0536. The zero-order chi connectivity index (χ0) is 18.3. The second-order valence-electron chi connectivity index (χ2n) is 5.96. The minimum Gasteiger partial charge on any atom is -0.394 e. The Kier molecular flexibility index (Phi) is 4.41. The highest BCUT2D eigenvalue weighted by Gasteiger charge is 2.36. The summed E-state index contributed by atoms with van der Waals surface area (Å²) in [6, 6.07) is 0. The number of nitrogens with zero attached hydrogens (tertiary/aromatic N) is 2. The van der Waals surface area contributed by atoms with Crippen molar-refractivity contribution in [3.05, 3.63) is 48.6 Å². The maximum Gasteiger partial charge on any atom is 0.345 e. The first-order chi connectivity index (χ1) is 11.8. The molecule has 2 aromatic rings. The van der Waals surface area contributed by atoms with Crippen LogP contribution in [0.2, 0.25) is 0 Å². The van der Waals surface area contributed by atoms with Crippen LogP contribution in [-0.2, 0) is 4.74 Å². The molecular formula is C15H18N4O6. The maximum absolute atomic E-state index is 12.4. The number of ether oxygens (including phenoxy) is 1. The Bertz CT molecular complexity index is 975. The highest BCUT2D eigenvalue weighted by atomic mass is 16.5. The third-order valence-electron chi connectivity index (χ3n) is 4.29. The molecular weight excluding hydrogens is 332 g/mol. The van der Waals surface area contributed by atoms with Crippen LogP contribution in [0.1, 0.15) is 23.8 Å². The molecule has 1 fully saturated rings. The summed E-state index contributed by atoms with van der Waals surface area (Å²) in [5.41, 5.74) is -0.745. The van der Waals surface area contributed by atoms with Gasteiger partial charge in [0.05, 0.1) is 24.1 Å². The van der Waals surface area contributed by atoms with Crippen LogP contribution in [0.4, 0.5) is 0 Å². The molecule has 0 bridgehead atoms. The van der Waals surface area contributed by atoms with Crippen molar-refractivity contribution in [2.75, 3.05) is 6.61 Å². The fourth-order valence-electron chi connectivity index (χ4n) is 2.96. The number of nitrogens with one attached hydrogen (secondary N) is 2. The van der Waals surface area contributed by atoms with Gasteiger partial charge in [-0.05, 0) is 19.4 Å². The summed E-state index contributed by atoms with van der Waals surface area (Å²) >= 11 is 0. The lowest BCUT2D eigenvalue weighted by Gasteiger charge is -2.20. The van der Waals surface area contributed by atoms with Crippen molar-refractivity contribution < 1.29 is 14.9 Å². The summed E-state index contributed by atoms with van der Waals surface area (Å²) in [6.07, 6.45) is -1.31. The van der Waals surface area contributed by atoms with E-state index in [1.165, 1.54) is 17.7 Å². The van der Waals surface area contributed by atoms with E-state index in [0.29, 0.717) is 5.56 Å². The second-order valence-corrected chi connectivity index (χ2v) is 5.96. The molecule has 1 aliphatic rings. The Labute approximate surface area is 140 Å². The molecule has 3 atom stereocenters. The largest absolute Gasteiger partial charge is 0.394 e. The molecule has 0 saturated carbocycles. The molecule has 0 amide bonds. The number of hydrogen-bond donors (Lipinski definition) is 4. The van der Waals surface area contributed by atoms with E-state index in [9.17, 15) is 24.6 Å². The van der Waals surface area contributed by atoms with Gasteiger partial charge in [-0.1, -0.05) is 0 Å². The average molecular weight is 350 g/mol. The summed E-state index contributed by atoms with van der Waals surface area (Å²) in [4.78, 5) is 44.5. The van der Waals surface area contributed by atoms with Crippen molar-refractivity contribution in [3.63, 3.8) is 0 Å². The van der Waals surface area contributed by atoms with Crippen LogP contribution in [0.25, 0.3) is 11.4 Å². The molecule has 0 radical (unpaired) electrons. The van der Waals surface area contributed by atoms with Gasteiger partial charge in [0.25, 0.3) is 5.56 Å². The molecule has 1 aliphatic heterocycles. The fourth-order valence-corrected chi connectivity index (χ4v) is 2.96. The van der Waals surface area contributed by atoms with Gasteiger partial charge in [-0.3, -0.25) is 14.3 Å². The van der Waals surface area contributed by atoms with Crippen molar-refractivity contribution >= 4 is 0 Å². The normalized spacial score (nSPS) is 23.1. The van der Waals surface area contributed by atoms with E-state index in [0.717, 1.165) is 0 Å². The van der Waals surface area contributed by atoms with Crippen molar-refractivity contribution in [1.29, 1.82) is 0 Å². The molecule has 25 heavy (non-hydrogen) atoms. The highest BCUT2D eigenvalue weighted by Crippen LogP contribution is 2.31. The Morgan fingerprint density at radius 1 is 1.32 bits per heavy atom. The third-order valence-corrected chi connectivity index (χ3v) is 4.29. The molecule has 0 spiro atoms. The first kappa shape index (κ1) is 17.3. The highest BCUT2D eigenvalue weighted by molar-refractivity contribution is 5.61. The average Bonchev–Trinajstić information content (AvgIpc) is 2.93. The van der Waals surface area contributed by atoms with E-state index in [2.05, 4.69) is 15.0 Å². The Hall–Kier alpha value is -2.56. The molecule has 10 nitrogen and oxygen atoms in total. The van der Waals surface area contributed by atoms with Gasteiger partial charge in [0.1, 0.15) is 12.3 Å². The topological polar surface area (TPSA) is 150 Å². The maximum atomic E-state index is 12.4. The monoisotopic (exact) mass is 350 g/mol. The van der Waals surface area contributed by atoms with Gasteiger partial charge in [-0.15, -0.1) is 0 Å². The first-order valence-electron chi connectivity index (χ1n) is 7.69. The predicted octanol–water partition coefficient (Wildman–Crippen LogP) is -1.46. The van der Waals surface area contributed by atoms with Gasteiger partial charge >= 0.3 is 11.4 Å². The summed E-state index contributed by atoms with van der Waals surface area (Å²) in [6.45, 7) is 2.78. The van der Waals surface area contributed by atoms with Crippen LogP contribution in [0.3, 0.4) is 0 Å². The summed E-state index contributed by atoms with van der Waals surface area (Å²) in [5.74, 6) is 0. The lowest BCUT2D eigenvalue weighted by Crippen LogP contribution is -2.36. The second kappa shape index (κ2) is 6.39. The summed E-state index contributed by atoms with van der Waals surface area (Å²) < 4.78 is 6.72. The molecule has 2 aromatic heterocycles. The van der Waals surface area contributed by atoms with Crippen LogP contribution in [0.15, 0.2) is 20.6 Å². The van der Waals surface area contributed by atoms with Crippen LogP contribution < -0.4 is 16.9 Å². The van der Waals surface area contributed by atoms with Crippen molar-refractivity contribution in [2.24, 2.45) is 0 Å². The zero-order valence-electron chi connectivity index (χ0n) is 13.6. The SMILES string of the molecule is Cc1cnc(=O)[nH]c1-c1c(C)c(=O)[nH]c(=O)n1[C@@H]1C[C@H](O)[C@@H](CO)O1. The van der Waals surface area contributed by atoms with Crippen LogP contribution >= 0.6 is 0 Å². The number of H-pyrrole nitrogens is 2. The molecule has 4 N–H and O–H groups in total. The molecule has 1 saturated heterocycles. The number of aromatic amines is 2. The standard InChI is InChI=1S/C15H18N4O6/c1-6-4-16-14(23)17-11(6)12-7(2)13(22)18-15(24)19(12)10-3-8(21)9(5-20)25-10/h4,8-10,20-21H,3,5H2,1-2H3,(H,16,17,23)(H,18,22,24)/t8-,9+,10-/m0/s1. The van der Waals surface area contributed by atoms with Gasteiger partial charge in [0.15, 0.2) is 0 Å². The van der Waals surface area contributed by atoms with Crippen LogP contribution in [0, 0.1) is 13.8 Å². The van der Waals surface area contributed by atoms with Gasteiger partial charge in [-0.2, -0.15) is 0 Å².